The highest BCUT2D eigenvalue weighted by Crippen LogP contribution is 2.46. The molecule has 0 spiro atoms. The van der Waals surface area contributed by atoms with Gasteiger partial charge in [-0.3, -0.25) is 19.3 Å². The average Bonchev–Trinajstić information content (AvgIpc) is 2.80. The molecule has 7 rings (SSSR count). The Balaban J connectivity index is 1.76. The van der Waals surface area contributed by atoms with E-state index in [2.05, 4.69) is 0 Å². The molecule has 5 heteroatoms. The Bertz CT molecular complexity index is 1710. The molecular weight excluding hydrogens is 402 g/mol. The summed E-state index contributed by atoms with van der Waals surface area (Å²) in [5, 5.41) is 17.4. The van der Waals surface area contributed by atoms with Gasteiger partial charge in [0.15, 0.2) is 5.78 Å². The smallest absolute Gasteiger partial charge is 0.261 e. The first kappa shape index (κ1) is 17.4. The van der Waals surface area contributed by atoms with Crippen LogP contribution in [0.2, 0.25) is 0 Å². The molecule has 2 aliphatic rings. The number of allylic oxidation sites excluding steroid dienone is 1. The zero-order valence-electron chi connectivity index (χ0n) is 17.0. The number of rotatable bonds is 1. The molecule has 5 aromatic carbocycles. The third-order valence-corrected chi connectivity index (χ3v) is 6.98. The topological polar surface area (TPSA) is 74.7 Å². The van der Waals surface area contributed by atoms with Gasteiger partial charge in [-0.25, -0.2) is 0 Å². The average molecular weight is 417 g/mol. The normalized spacial score (nSPS) is 15.6. The van der Waals surface area contributed by atoms with Crippen LogP contribution in [0, 0.1) is 0 Å². The second-order valence-corrected chi connectivity index (χ2v) is 8.39. The molecular formula is C27H15NO4. The molecule has 1 N–H and O–H groups in total. The number of carbonyl (C=O) groups is 3. The summed E-state index contributed by atoms with van der Waals surface area (Å²) >= 11 is 0. The molecule has 0 unspecified atom stereocenters. The minimum Gasteiger partial charge on any atom is -0.507 e. The van der Waals surface area contributed by atoms with Crippen LogP contribution in [0.3, 0.4) is 0 Å². The van der Waals surface area contributed by atoms with Crippen molar-refractivity contribution in [3.8, 4) is 0 Å². The van der Waals surface area contributed by atoms with E-state index < -0.39 is 0 Å². The van der Waals surface area contributed by atoms with E-state index in [0.29, 0.717) is 34.2 Å². The first-order valence-corrected chi connectivity index (χ1v) is 10.5. The molecule has 2 amide bonds. The van der Waals surface area contributed by atoms with Gasteiger partial charge in [-0.1, -0.05) is 24.3 Å². The predicted octanol–water partition coefficient (Wildman–Crippen LogP) is 5.45. The van der Waals surface area contributed by atoms with Gasteiger partial charge in [-0.2, -0.15) is 0 Å². The Morgan fingerprint density at radius 1 is 0.625 bits per heavy atom. The SMILES string of the molecule is CCN1C(=O)c2ccc3c4ccc5c6c(ccc(c7ccc(c2c37)C1=O)c64)C(O)=CC5=O. The molecule has 0 saturated carbocycles. The quantitative estimate of drug-likeness (QED) is 0.224. The minimum absolute atomic E-state index is 0.0295. The van der Waals surface area contributed by atoms with E-state index in [-0.39, 0.29) is 23.4 Å². The lowest BCUT2D eigenvalue weighted by molar-refractivity contribution is 0.0619. The summed E-state index contributed by atoms with van der Waals surface area (Å²) in [5.41, 5.74) is 2.27. The number of nitrogens with zero attached hydrogens (tertiary/aromatic N) is 1. The Kier molecular flexibility index (Phi) is 3.00. The molecule has 0 saturated heterocycles. The molecule has 0 radical (unpaired) electrons. The van der Waals surface area contributed by atoms with Crippen LogP contribution < -0.4 is 0 Å². The van der Waals surface area contributed by atoms with Crippen molar-refractivity contribution in [1.29, 1.82) is 0 Å². The molecule has 0 atom stereocenters. The van der Waals surface area contributed by atoms with E-state index >= 15 is 0 Å². The number of carbonyl (C=O) groups excluding carboxylic acids is 3. The molecule has 0 aromatic heterocycles. The predicted molar refractivity (Wildman–Crippen MR) is 124 cm³/mol. The van der Waals surface area contributed by atoms with E-state index in [9.17, 15) is 19.5 Å². The number of imide groups is 1. The van der Waals surface area contributed by atoms with Gasteiger partial charge in [-0.05, 0) is 63.5 Å². The lowest BCUT2D eigenvalue weighted by Gasteiger charge is -2.28. The summed E-state index contributed by atoms with van der Waals surface area (Å²) in [7, 11) is 0. The highest BCUT2D eigenvalue weighted by molar-refractivity contribution is 6.40. The molecule has 1 aliphatic carbocycles. The van der Waals surface area contributed by atoms with Gasteiger partial charge in [-0.15, -0.1) is 0 Å². The van der Waals surface area contributed by atoms with Crippen molar-refractivity contribution in [2.75, 3.05) is 6.54 Å². The molecule has 152 valence electrons. The van der Waals surface area contributed by atoms with Crippen LogP contribution in [0.25, 0.3) is 48.8 Å². The van der Waals surface area contributed by atoms with Crippen LogP contribution in [0.1, 0.15) is 43.6 Å². The minimum atomic E-state index is -0.273. The van der Waals surface area contributed by atoms with Crippen LogP contribution in [-0.2, 0) is 0 Å². The van der Waals surface area contributed by atoms with Gasteiger partial charge in [0, 0.05) is 45.6 Å². The first-order valence-electron chi connectivity index (χ1n) is 10.5. The monoisotopic (exact) mass is 417 g/mol. The maximum Gasteiger partial charge on any atom is 0.261 e. The summed E-state index contributed by atoms with van der Waals surface area (Å²) in [5.74, 6) is -0.792. The van der Waals surface area contributed by atoms with Crippen molar-refractivity contribution in [2.45, 2.75) is 6.92 Å². The molecule has 32 heavy (non-hydrogen) atoms. The van der Waals surface area contributed by atoms with E-state index in [1.807, 2.05) is 30.3 Å². The number of amides is 2. The summed E-state index contributed by atoms with van der Waals surface area (Å²) in [4.78, 5) is 40.0. The summed E-state index contributed by atoms with van der Waals surface area (Å²) in [6.07, 6.45) is 1.26. The van der Waals surface area contributed by atoms with Crippen LogP contribution in [0.15, 0.2) is 54.6 Å². The summed E-state index contributed by atoms with van der Waals surface area (Å²) in [6, 6.07) is 15.0. The lowest BCUT2D eigenvalue weighted by Crippen LogP contribution is -2.40. The molecule has 0 bridgehead atoms. The van der Waals surface area contributed by atoms with Gasteiger partial charge < -0.3 is 5.11 Å². The third kappa shape index (κ3) is 1.79. The largest absolute Gasteiger partial charge is 0.507 e. The Morgan fingerprint density at radius 3 is 1.56 bits per heavy atom. The van der Waals surface area contributed by atoms with Gasteiger partial charge in [0.1, 0.15) is 5.76 Å². The Hall–Kier alpha value is -4.25. The second kappa shape index (κ2) is 5.51. The van der Waals surface area contributed by atoms with Crippen molar-refractivity contribution < 1.29 is 19.5 Å². The molecule has 0 fully saturated rings. The lowest BCUT2D eigenvalue weighted by atomic mass is 9.81. The van der Waals surface area contributed by atoms with Crippen molar-refractivity contribution in [3.63, 3.8) is 0 Å². The summed E-state index contributed by atoms with van der Waals surface area (Å²) < 4.78 is 0. The number of aliphatic hydroxyl groups is 1. The maximum absolute atomic E-state index is 13.1. The van der Waals surface area contributed by atoms with Crippen molar-refractivity contribution in [3.05, 3.63) is 76.9 Å². The maximum atomic E-state index is 13.1. The molecule has 1 heterocycles. The highest BCUT2D eigenvalue weighted by atomic mass is 16.3. The van der Waals surface area contributed by atoms with Crippen molar-refractivity contribution in [1.82, 2.24) is 4.90 Å². The van der Waals surface area contributed by atoms with Crippen molar-refractivity contribution in [2.24, 2.45) is 0 Å². The van der Waals surface area contributed by atoms with Gasteiger partial charge in [0.05, 0.1) is 0 Å². The highest BCUT2D eigenvalue weighted by Gasteiger charge is 2.33. The first-order chi connectivity index (χ1) is 15.5. The number of fused-ring (bicyclic) bond motifs is 2. The van der Waals surface area contributed by atoms with Crippen molar-refractivity contribution >= 4 is 66.4 Å². The van der Waals surface area contributed by atoms with E-state index in [0.717, 1.165) is 37.7 Å². The Morgan fingerprint density at radius 2 is 1.06 bits per heavy atom. The standard InChI is InChI=1S/C27H15NO4/c1-2-28-26(31)18-9-5-14-12-3-7-16-20(29)11-21(30)17-8-4-13(22(12)24(16)17)15-6-10-19(27(28)32)25(18)23(14)15/h3-11,29H,2H2,1H3. The zero-order valence-corrected chi connectivity index (χ0v) is 17.0. The second-order valence-electron chi connectivity index (χ2n) is 8.39. The van der Waals surface area contributed by atoms with Crippen LogP contribution in [0.4, 0.5) is 0 Å². The fraction of sp³-hybridized carbons (Fsp3) is 0.0741. The van der Waals surface area contributed by atoms with E-state index in [4.69, 9.17) is 0 Å². The van der Waals surface area contributed by atoms with E-state index in [1.54, 1.807) is 25.1 Å². The fourth-order valence-electron chi connectivity index (χ4n) is 5.61. The van der Waals surface area contributed by atoms with Crippen LogP contribution in [0.5, 0.6) is 0 Å². The van der Waals surface area contributed by atoms with Gasteiger partial charge >= 0.3 is 0 Å². The molecule has 1 aliphatic heterocycles. The summed E-state index contributed by atoms with van der Waals surface area (Å²) in [6.45, 7) is 2.12. The number of hydrogen-bond donors (Lipinski definition) is 1. The molecule has 5 aromatic rings. The third-order valence-electron chi connectivity index (χ3n) is 6.98. The number of hydrogen-bond acceptors (Lipinski definition) is 4. The number of aliphatic hydroxyl groups excluding tert-OH is 1. The number of ketones is 1. The van der Waals surface area contributed by atoms with E-state index in [1.165, 1.54) is 11.0 Å². The fourth-order valence-corrected chi connectivity index (χ4v) is 5.61. The van der Waals surface area contributed by atoms with Crippen LogP contribution >= 0.6 is 0 Å². The molecule has 5 nitrogen and oxygen atoms in total. The Labute approximate surface area is 181 Å². The zero-order chi connectivity index (χ0) is 21.9. The van der Waals surface area contributed by atoms with Gasteiger partial charge in [0.25, 0.3) is 11.8 Å². The van der Waals surface area contributed by atoms with Gasteiger partial charge in [0.2, 0.25) is 0 Å². The van der Waals surface area contributed by atoms with Crippen LogP contribution in [-0.4, -0.2) is 34.1 Å². The number of benzene rings is 5.